The number of halogens is 3. The maximum absolute atomic E-state index is 12.6. The highest BCUT2D eigenvalue weighted by Gasteiger charge is 2.32. The zero-order chi connectivity index (χ0) is 19.6. The first-order valence-electron chi connectivity index (χ1n) is 8.43. The molecule has 1 amide bonds. The van der Waals surface area contributed by atoms with Gasteiger partial charge in [-0.25, -0.2) is 9.97 Å². The third-order valence-electron chi connectivity index (χ3n) is 4.54. The van der Waals surface area contributed by atoms with E-state index in [0.717, 1.165) is 36.6 Å². The molecular weight excluding hydrogens is 359 g/mol. The number of alkyl halides is 3. The highest BCUT2D eigenvalue weighted by molar-refractivity contribution is 5.92. The summed E-state index contributed by atoms with van der Waals surface area (Å²) in [4.78, 5) is 24.4. The van der Waals surface area contributed by atoms with Gasteiger partial charge in [-0.15, -0.1) is 0 Å². The third-order valence-corrected chi connectivity index (χ3v) is 4.54. The molecule has 0 aliphatic carbocycles. The SMILES string of the molecule is Cc1cncnc1N1CC(N(C)CC(=O)Nc2ccc(C(F)(F)F)cc2)C1. The minimum atomic E-state index is -4.39. The van der Waals surface area contributed by atoms with E-state index in [0.29, 0.717) is 5.69 Å². The van der Waals surface area contributed by atoms with Crippen LogP contribution in [-0.4, -0.2) is 53.5 Å². The molecule has 0 unspecified atom stereocenters. The van der Waals surface area contributed by atoms with Gasteiger partial charge in [0.1, 0.15) is 12.1 Å². The zero-order valence-electron chi connectivity index (χ0n) is 15.0. The minimum Gasteiger partial charge on any atom is -0.353 e. The summed E-state index contributed by atoms with van der Waals surface area (Å²) in [5.41, 5.74) is 0.596. The van der Waals surface area contributed by atoms with Crippen LogP contribution in [0, 0.1) is 6.92 Å². The molecule has 9 heteroatoms. The number of nitrogens with zero attached hydrogens (tertiary/aromatic N) is 4. The number of likely N-dealkylation sites (N-methyl/N-ethyl adjacent to an activating group) is 1. The van der Waals surface area contributed by atoms with E-state index >= 15 is 0 Å². The molecule has 1 aliphatic heterocycles. The van der Waals surface area contributed by atoms with Crippen molar-refractivity contribution in [2.45, 2.75) is 19.1 Å². The van der Waals surface area contributed by atoms with Crippen molar-refractivity contribution in [3.8, 4) is 0 Å². The summed E-state index contributed by atoms with van der Waals surface area (Å²) < 4.78 is 37.7. The van der Waals surface area contributed by atoms with Crippen LogP contribution in [0.3, 0.4) is 0 Å². The average Bonchev–Trinajstić information content (AvgIpc) is 2.54. The zero-order valence-corrected chi connectivity index (χ0v) is 15.0. The highest BCUT2D eigenvalue weighted by atomic mass is 19.4. The number of carbonyl (C=O) groups excluding carboxylic acids is 1. The molecule has 1 fully saturated rings. The quantitative estimate of drug-likeness (QED) is 0.865. The Morgan fingerprint density at radius 2 is 1.96 bits per heavy atom. The Kier molecular flexibility index (Phi) is 5.31. The lowest BCUT2D eigenvalue weighted by Gasteiger charge is -2.44. The Balaban J connectivity index is 1.48. The van der Waals surface area contributed by atoms with Gasteiger partial charge in [-0.3, -0.25) is 9.69 Å². The molecular formula is C18H20F3N5O. The number of anilines is 2. The van der Waals surface area contributed by atoms with Crippen molar-refractivity contribution in [1.82, 2.24) is 14.9 Å². The molecule has 0 spiro atoms. The first kappa shape index (κ1) is 19.1. The van der Waals surface area contributed by atoms with Gasteiger partial charge in [-0.1, -0.05) is 0 Å². The van der Waals surface area contributed by atoms with E-state index < -0.39 is 11.7 Å². The minimum absolute atomic E-state index is 0.155. The lowest BCUT2D eigenvalue weighted by Crippen LogP contribution is -2.60. The average molecular weight is 379 g/mol. The van der Waals surface area contributed by atoms with Gasteiger partial charge in [0.05, 0.1) is 12.1 Å². The monoisotopic (exact) mass is 379 g/mol. The van der Waals surface area contributed by atoms with Crippen LogP contribution in [0.15, 0.2) is 36.8 Å². The van der Waals surface area contributed by atoms with Crippen LogP contribution < -0.4 is 10.2 Å². The largest absolute Gasteiger partial charge is 0.416 e. The van der Waals surface area contributed by atoms with Crippen LogP contribution in [0.1, 0.15) is 11.1 Å². The van der Waals surface area contributed by atoms with Crippen molar-refractivity contribution in [2.75, 3.05) is 36.9 Å². The van der Waals surface area contributed by atoms with Gasteiger partial charge >= 0.3 is 6.18 Å². The Bertz CT molecular complexity index is 803. The van der Waals surface area contributed by atoms with Crippen molar-refractivity contribution >= 4 is 17.4 Å². The first-order valence-corrected chi connectivity index (χ1v) is 8.43. The number of carbonyl (C=O) groups is 1. The summed E-state index contributed by atoms with van der Waals surface area (Å²) in [5, 5.41) is 2.62. The Morgan fingerprint density at radius 3 is 2.56 bits per heavy atom. The molecule has 27 heavy (non-hydrogen) atoms. The lowest BCUT2D eigenvalue weighted by atomic mass is 10.1. The van der Waals surface area contributed by atoms with Gasteiger partial charge < -0.3 is 10.2 Å². The number of benzene rings is 1. The van der Waals surface area contributed by atoms with Crippen LogP contribution >= 0.6 is 0 Å². The van der Waals surface area contributed by atoms with Crippen LogP contribution in [0.25, 0.3) is 0 Å². The second-order valence-corrected chi connectivity index (χ2v) is 6.63. The maximum Gasteiger partial charge on any atom is 0.416 e. The Labute approximate surface area is 155 Å². The second kappa shape index (κ2) is 7.51. The Hall–Kier alpha value is -2.68. The third kappa shape index (κ3) is 4.54. The summed E-state index contributed by atoms with van der Waals surface area (Å²) >= 11 is 0. The van der Waals surface area contributed by atoms with Crippen molar-refractivity contribution in [3.05, 3.63) is 47.9 Å². The van der Waals surface area contributed by atoms with Gasteiger partial charge in [0.15, 0.2) is 0 Å². The number of nitrogens with one attached hydrogen (secondary N) is 1. The van der Waals surface area contributed by atoms with E-state index in [1.165, 1.54) is 18.5 Å². The molecule has 144 valence electrons. The van der Waals surface area contributed by atoms with Gasteiger partial charge in [-0.05, 0) is 38.2 Å². The molecule has 1 N–H and O–H groups in total. The molecule has 1 aliphatic rings. The number of aromatic nitrogens is 2. The molecule has 0 radical (unpaired) electrons. The number of hydrogen-bond acceptors (Lipinski definition) is 5. The molecule has 1 aromatic carbocycles. The maximum atomic E-state index is 12.6. The van der Waals surface area contributed by atoms with E-state index in [1.54, 1.807) is 6.20 Å². The fraction of sp³-hybridized carbons (Fsp3) is 0.389. The molecule has 0 bridgehead atoms. The smallest absolute Gasteiger partial charge is 0.353 e. The van der Waals surface area contributed by atoms with Crippen molar-refractivity contribution < 1.29 is 18.0 Å². The summed E-state index contributed by atoms with van der Waals surface area (Å²) in [6.07, 6.45) is -1.12. The molecule has 1 saturated heterocycles. The molecule has 0 atom stereocenters. The number of amides is 1. The van der Waals surface area contributed by atoms with Gasteiger partial charge in [0.2, 0.25) is 5.91 Å². The molecule has 6 nitrogen and oxygen atoms in total. The van der Waals surface area contributed by atoms with E-state index in [1.807, 2.05) is 18.9 Å². The van der Waals surface area contributed by atoms with Crippen molar-refractivity contribution in [1.29, 1.82) is 0 Å². The number of hydrogen-bond donors (Lipinski definition) is 1. The standard InChI is InChI=1S/C18H20F3N5O/c1-12-7-22-11-23-17(12)26-8-15(9-26)25(2)10-16(27)24-14-5-3-13(4-6-14)18(19,20)21/h3-7,11,15H,8-10H2,1-2H3,(H,24,27). The fourth-order valence-electron chi connectivity index (χ4n) is 2.93. The van der Waals surface area contributed by atoms with Gasteiger partial charge in [0.25, 0.3) is 0 Å². The summed E-state index contributed by atoms with van der Waals surface area (Å²) in [5.74, 6) is 0.623. The summed E-state index contributed by atoms with van der Waals surface area (Å²) in [6.45, 7) is 3.61. The van der Waals surface area contributed by atoms with Gasteiger partial charge in [0, 0.05) is 36.6 Å². The van der Waals surface area contributed by atoms with E-state index in [4.69, 9.17) is 0 Å². The van der Waals surface area contributed by atoms with Crippen LogP contribution in [0.5, 0.6) is 0 Å². The van der Waals surface area contributed by atoms with Gasteiger partial charge in [-0.2, -0.15) is 13.2 Å². The van der Waals surface area contributed by atoms with Crippen LogP contribution in [-0.2, 0) is 11.0 Å². The molecule has 1 aromatic heterocycles. The first-order chi connectivity index (χ1) is 12.7. The van der Waals surface area contributed by atoms with Crippen LogP contribution in [0.4, 0.5) is 24.7 Å². The molecule has 3 rings (SSSR count). The van der Waals surface area contributed by atoms with E-state index in [2.05, 4.69) is 20.2 Å². The molecule has 0 saturated carbocycles. The Morgan fingerprint density at radius 1 is 1.30 bits per heavy atom. The lowest BCUT2D eigenvalue weighted by molar-refractivity contribution is -0.137. The highest BCUT2D eigenvalue weighted by Crippen LogP contribution is 2.29. The predicted molar refractivity (Wildman–Crippen MR) is 95.5 cm³/mol. The fourth-order valence-corrected chi connectivity index (χ4v) is 2.93. The van der Waals surface area contributed by atoms with Crippen molar-refractivity contribution in [2.24, 2.45) is 0 Å². The molecule has 2 aromatic rings. The van der Waals surface area contributed by atoms with E-state index in [9.17, 15) is 18.0 Å². The van der Waals surface area contributed by atoms with E-state index in [-0.39, 0.29) is 18.5 Å². The number of rotatable bonds is 5. The molecule has 2 heterocycles. The number of aryl methyl sites for hydroxylation is 1. The normalized spacial score (nSPS) is 15.0. The predicted octanol–water partition coefficient (Wildman–Crippen LogP) is 2.56. The summed E-state index contributed by atoms with van der Waals surface area (Å²) in [6, 6.07) is 4.62. The van der Waals surface area contributed by atoms with Crippen molar-refractivity contribution in [3.63, 3.8) is 0 Å². The second-order valence-electron chi connectivity index (χ2n) is 6.63. The topological polar surface area (TPSA) is 61.4 Å². The van der Waals surface area contributed by atoms with Crippen LogP contribution in [0.2, 0.25) is 0 Å². The summed E-state index contributed by atoms with van der Waals surface area (Å²) in [7, 11) is 1.85.